The lowest BCUT2D eigenvalue weighted by Gasteiger charge is -2.10. The number of nitrogens with two attached hydrogens (primary N) is 1. The first-order chi connectivity index (χ1) is 10.7. The van der Waals surface area contributed by atoms with Crippen molar-refractivity contribution in [3.63, 3.8) is 0 Å². The molecule has 2 rings (SSSR count). The maximum absolute atomic E-state index is 5.93. The normalized spacial score (nSPS) is 11.1. The molecule has 0 unspecified atom stereocenters. The van der Waals surface area contributed by atoms with Crippen LogP contribution in [-0.2, 0) is 6.54 Å². The molecule has 2 aromatic rings. The fourth-order valence-electron chi connectivity index (χ4n) is 2.00. The largest absolute Gasteiger partial charge is 0.495 e. The van der Waals surface area contributed by atoms with Crippen molar-refractivity contribution in [3.8, 4) is 11.5 Å². The van der Waals surface area contributed by atoms with Gasteiger partial charge in [-0.25, -0.2) is 4.99 Å². The van der Waals surface area contributed by atoms with Gasteiger partial charge in [-0.1, -0.05) is 24.3 Å². The summed E-state index contributed by atoms with van der Waals surface area (Å²) < 4.78 is 10.7. The van der Waals surface area contributed by atoms with E-state index in [1.165, 1.54) is 0 Å². The summed E-state index contributed by atoms with van der Waals surface area (Å²) in [7, 11) is 1.62. The Hall–Kier alpha value is -2.69. The van der Waals surface area contributed by atoms with Crippen LogP contribution in [0.3, 0.4) is 0 Å². The highest BCUT2D eigenvalue weighted by molar-refractivity contribution is 5.93. The van der Waals surface area contributed by atoms with Crippen LogP contribution in [-0.4, -0.2) is 19.7 Å². The lowest BCUT2D eigenvalue weighted by Crippen LogP contribution is -2.22. The van der Waals surface area contributed by atoms with E-state index in [1.54, 1.807) is 7.11 Å². The number of aliphatic imine (C=N–C) groups is 1. The average molecular weight is 299 g/mol. The minimum Gasteiger partial charge on any atom is -0.495 e. The fourth-order valence-corrected chi connectivity index (χ4v) is 2.00. The van der Waals surface area contributed by atoms with E-state index in [1.807, 2.05) is 55.5 Å². The predicted octanol–water partition coefficient (Wildman–Crippen LogP) is 3.02. The minimum absolute atomic E-state index is 0.339. The van der Waals surface area contributed by atoms with Crippen LogP contribution in [0.1, 0.15) is 12.5 Å². The Labute approximate surface area is 130 Å². The highest BCUT2D eigenvalue weighted by Crippen LogP contribution is 2.22. The van der Waals surface area contributed by atoms with Crippen LogP contribution in [0.15, 0.2) is 53.5 Å². The molecule has 0 atom stereocenters. The zero-order valence-electron chi connectivity index (χ0n) is 12.9. The molecular formula is C17H21N3O2. The average Bonchev–Trinajstić information content (AvgIpc) is 2.54. The van der Waals surface area contributed by atoms with E-state index in [9.17, 15) is 0 Å². The van der Waals surface area contributed by atoms with Gasteiger partial charge < -0.3 is 20.5 Å². The van der Waals surface area contributed by atoms with Crippen molar-refractivity contribution < 1.29 is 9.47 Å². The van der Waals surface area contributed by atoms with Crippen molar-refractivity contribution in [2.24, 2.45) is 10.7 Å². The van der Waals surface area contributed by atoms with E-state index in [2.05, 4.69) is 10.3 Å². The summed E-state index contributed by atoms with van der Waals surface area (Å²) in [5.41, 5.74) is 7.75. The number of anilines is 1. The molecule has 0 saturated carbocycles. The van der Waals surface area contributed by atoms with Gasteiger partial charge in [0, 0.05) is 0 Å². The number of rotatable bonds is 6. The summed E-state index contributed by atoms with van der Waals surface area (Å²) >= 11 is 0. The molecule has 3 N–H and O–H groups in total. The molecule has 0 heterocycles. The van der Waals surface area contributed by atoms with Crippen molar-refractivity contribution in [2.75, 3.05) is 19.0 Å². The van der Waals surface area contributed by atoms with E-state index in [-0.39, 0.29) is 0 Å². The topological polar surface area (TPSA) is 68.9 Å². The monoisotopic (exact) mass is 299 g/mol. The molecule has 2 aromatic carbocycles. The maximum atomic E-state index is 5.93. The molecular weight excluding hydrogens is 278 g/mol. The summed E-state index contributed by atoms with van der Waals surface area (Å²) in [4.78, 5) is 4.34. The highest BCUT2D eigenvalue weighted by Gasteiger charge is 2.02. The Morgan fingerprint density at radius 1 is 1.18 bits per heavy atom. The van der Waals surface area contributed by atoms with Crippen molar-refractivity contribution >= 4 is 11.6 Å². The van der Waals surface area contributed by atoms with Crippen molar-refractivity contribution in [1.29, 1.82) is 0 Å². The van der Waals surface area contributed by atoms with Gasteiger partial charge in [0.1, 0.15) is 11.5 Å². The fraction of sp³-hybridized carbons (Fsp3) is 0.235. The van der Waals surface area contributed by atoms with Crippen LogP contribution in [0.5, 0.6) is 11.5 Å². The molecule has 0 amide bonds. The molecule has 0 aromatic heterocycles. The zero-order chi connectivity index (χ0) is 15.8. The number of ether oxygens (including phenoxy) is 2. The number of benzene rings is 2. The van der Waals surface area contributed by atoms with Gasteiger partial charge >= 0.3 is 0 Å². The second-order valence-electron chi connectivity index (χ2n) is 4.61. The first-order valence-electron chi connectivity index (χ1n) is 7.14. The second-order valence-corrected chi connectivity index (χ2v) is 4.61. The molecule has 0 spiro atoms. The Morgan fingerprint density at radius 3 is 2.77 bits per heavy atom. The Balaban J connectivity index is 2.02. The second kappa shape index (κ2) is 7.93. The molecule has 0 bridgehead atoms. The number of para-hydroxylation sites is 2. The Bertz CT molecular complexity index is 641. The van der Waals surface area contributed by atoms with Gasteiger partial charge in [-0.3, -0.25) is 0 Å². The lowest BCUT2D eigenvalue weighted by atomic mass is 10.2. The van der Waals surface area contributed by atoms with Gasteiger partial charge in [0.15, 0.2) is 5.96 Å². The van der Waals surface area contributed by atoms with Gasteiger partial charge in [-0.05, 0) is 36.8 Å². The van der Waals surface area contributed by atoms with E-state index < -0.39 is 0 Å². The lowest BCUT2D eigenvalue weighted by molar-refractivity contribution is 0.340. The SMILES string of the molecule is CCOc1cccc(CN=C(N)Nc2ccccc2OC)c1. The van der Waals surface area contributed by atoms with Gasteiger partial charge in [0.25, 0.3) is 0 Å². The van der Waals surface area contributed by atoms with Crippen LogP contribution in [0.4, 0.5) is 5.69 Å². The molecule has 0 radical (unpaired) electrons. The summed E-state index contributed by atoms with van der Waals surface area (Å²) in [6, 6.07) is 15.4. The molecule has 0 saturated heterocycles. The predicted molar refractivity (Wildman–Crippen MR) is 89.6 cm³/mol. The van der Waals surface area contributed by atoms with Crippen LogP contribution in [0.25, 0.3) is 0 Å². The number of nitrogens with one attached hydrogen (secondary N) is 1. The third-order valence-corrected chi connectivity index (χ3v) is 3.01. The zero-order valence-corrected chi connectivity index (χ0v) is 12.9. The summed E-state index contributed by atoms with van der Waals surface area (Å²) in [6.45, 7) is 3.08. The van der Waals surface area contributed by atoms with Crippen LogP contribution in [0.2, 0.25) is 0 Å². The maximum Gasteiger partial charge on any atom is 0.193 e. The number of methoxy groups -OCH3 is 1. The first kappa shape index (κ1) is 15.7. The van der Waals surface area contributed by atoms with Gasteiger partial charge in [0.05, 0.1) is 25.9 Å². The molecule has 116 valence electrons. The van der Waals surface area contributed by atoms with E-state index in [4.69, 9.17) is 15.2 Å². The number of nitrogens with zero attached hydrogens (tertiary/aromatic N) is 1. The van der Waals surface area contributed by atoms with E-state index >= 15 is 0 Å². The molecule has 5 nitrogen and oxygen atoms in total. The smallest absolute Gasteiger partial charge is 0.193 e. The number of hydrogen-bond acceptors (Lipinski definition) is 3. The molecule has 22 heavy (non-hydrogen) atoms. The van der Waals surface area contributed by atoms with Crippen molar-refractivity contribution in [2.45, 2.75) is 13.5 Å². The Morgan fingerprint density at radius 2 is 2.00 bits per heavy atom. The number of guanidine groups is 1. The first-order valence-corrected chi connectivity index (χ1v) is 7.14. The molecule has 0 aliphatic rings. The molecule has 0 aliphatic carbocycles. The van der Waals surface area contributed by atoms with Crippen LogP contribution >= 0.6 is 0 Å². The molecule has 0 aliphatic heterocycles. The van der Waals surface area contributed by atoms with Crippen molar-refractivity contribution in [1.82, 2.24) is 0 Å². The van der Waals surface area contributed by atoms with Gasteiger partial charge in [-0.2, -0.15) is 0 Å². The van der Waals surface area contributed by atoms with Crippen molar-refractivity contribution in [3.05, 3.63) is 54.1 Å². The summed E-state index contributed by atoms with van der Waals surface area (Å²) in [5, 5.41) is 3.04. The van der Waals surface area contributed by atoms with Crippen LogP contribution in [0, 0.1) is 0 Å². The third kappa shape index (κ3) is 4.41. The summed E-state index contributed by atoms with van der Waals surface area (Å²) in [6.07, 6.45) is 0. The van der Waals surface area contributed by atoms with E-state index in [0.717, 1.165) is 22.7 Å². The molecule has 0 fully saturated rings. The summed E-state index contributed by atoms with van der Waals surface area (Å²) in [5.74, 6) is 1.90. The Kier molecular flexibility index (Phi) is 5.65. The highest BCUT2D eigenvalue weighted by atomic mass is 16.5. The minimum atomic E-state index is 0.339. The van der Waals surface area contributed by atoms with Gasteiger partial charge in [-0.15, -0.1) is 0 Å². The third-order valence-electron chi connectivity index (χ3n) is 3.01. The molecule has 5 heteroatoms. The number of hydrogen-bond donors (Lipinski definition) is 2. The quantitative estimate of drug-likeness (QED) is 0.635. The standard InChI is InChI=1S/C17H21N3O2/c1-3-22-14-8-6-7-13(11-14)12-19-17(18)20-15-9-4-5-10-16(15)21-2/h4-11H,3,12H2,1-2H3,(H3,18,19,20). The van der Waals surface area contributed by atoms with Gasteiger partial charge in [0.2, 0.25) is 0 Å². The van der Waals surface area contributed by atoms with E-state index in [0.29, 0.717) is 19.1 Å². The van der Waals surface area contributed by atoms with Crippen LogP contribution < -0.4 is 20.5 Å².